The molecule has 7 N–H and O–H groups in total. The molecule has 4 aliphatic heterocycles. The zero-order chi connectivity index (χ0) is 97.5. The molecule has 4 saturated heterocycles. The van der Waals surface area contributed by atoms with E-state index in [1.807, 2.05) is 303 Å². The Kier molecular flexibility index (Phi) is 37.3. The van der Waals surface area contributed by atoms with Crippen LogP contribution < -0.4 is 0 Å². The van der Waals surface area contributed by atoms with Crippen molar-refractivity contribution >= 4 is 5.97 Å². The summed E-state index contributed by atoms with van der Waals surface area (Å²) in [6.07, 6.45) is -28.5. The number of aliphatic hydroxyl groups is 7. The number of hydrogen-bond acceptors (Lipinski definition) is 23. The molecule has 23 nitrogen and oxygen atoms in total. The lowest BCUT2D eigenvalue weighted by molar-refractivity contribution is -0.465. The quantitative estimate of drug-likeness (QED) is 0.0138. The second-order valence-corrected chi connectivity index (χ2v) is 37.3. The maximum Gasteiger partial charge on any atom is 0.305 e. The van der Waals surface area contributed by atoms with E-state index in [1.54, 1.807) is 60.7 Å². The zero-order valence-corrected chi connectivity index (χ0v) is 79.8. The fourth-order valence-corrected chi connectivity index (χ4v) is 20.3. The van der Waals surface area contributed by atoms with Crippen LogP contribution in [0.2, 0.25) is 0 Å². The summed E-state index contributed by atoms with van der Waals surface area (Å²) >= 11 is 0. The summed E-state index contributed by atoms with van der Waals surface area (Å²) in [6.45, 7) is -2.90. The van der Waals surface area contributed by atoms with Gasteiger partial charge in [0.15, 0.2) is 23.1 Å². The zero-order valence-electron chi connectivity index (χ0n) is 79.8. The van der Waals surface area contributed by atoms with Gasteiger partial charge in [0.25, 0.3) is 0 Å². The van der Waals surface area contributed by atoms with Crippen LogP contribution in [-0.4, -0.2) is 201 Å². The Labute approximate surface area is 826 Å². The molecule has 21 atom stereocenters. The van der Waals surface area contributed by atoms with E-state index in [0.29, 0.717) is 76.6 Å². The number of benzene rings is 12. The summed E-state index contributed by atoms with van der Waals surface area (Å²) in [4.78, 5) is 12.4. The topological polar surface area (TPSA) is 297 Å². The van der Waals surface area contributed by atoms with Crippen LogP contribution in [0.15, 0.2) is 364 Å². The number of aliphatic hydroxyl groups excluding tert-OH is 2. The summed E-state index contributed by atoms with van der Waals surface area (Å²) in [5.41, 5.74) is -9.27. The van der Waals surface area contributed by atoms with E-state index in [4.69, 9.17) is 71.1 Å². The molecule has 0 spiro atoms. The average Bonchev–Trinajstić information content (AvgIpc) is 0.663. The molecule has 742 valence electrons. The predicted octanol–water partition coefficient (Wildman–Crippen LogP) is 16.2. The molecule has 12 aromatic carbocycles. The summed E-state index contributed by atoms with van der Waals surface area (Å²) in [5.74, 6) is -0.312. The largest absolute Gasteiger partial charge is 0.469 e. The number of ether oxygens (including phenoxy) is 15. The number of carbonyl (C=O) groups is 1. The summed E-state index contributed by atoms with van der Waals surface area (Å²) in [7, 11) is 1.37. The average molecular weight is 1920 g/mol. The molecule has 0 aliphatic carbocycles. The Hall–Kier alpha value is -10.7. The first-order valence-corrected chi connectivity index (χ1v) is 49.2. The first-order valence-electron chi connectivity index (χ1n) is 49.2. The van der Waals surface area contributed by atoms with Crippen LogP contribution in [0.4, 0.5) is 0 Å². The first-order chi connectivity index (χ1) is 69.0. The van der Waals surface area contributed by atoms with Gasteiger partial charge in [-0.2, -0.15) is 0 Å². The van der Waals surface area contributed by atoms with E-state index < -0.39 is 159 Å². The molecule has 0 aromatic heterocycles. The van der Waals surface area contributed by atoms with Crippen LogP contribution in [0.1, 0.15) is 112 Å². The van der Waals surface area contributed by atoms with Crippen molar-refractivity contribution < 1.29 is 112 Å². The Morgan fingerprint density at radius 2 is 0.624 bits per heavy atom. The van der Waals surface area contributed by atoms with Crippen molar-refractivity contribution in [2.45, 2.75) is 250 Å². The Balaban J connectivity index is 1.00. The maximum atomic E-state index is 17.5. The second-order valence-electron chi connectivity index (χ2n) is 37.3. The maximum absolute atomic E-state index is 17.5. The van der Waals surface area contributed by atoms with Gasteiger partial charge in [-0.1, -0.05) is 390 Å². The van der Waals surface area contributed by atoms with Gasteiger partial charge >= 0.3 is 5.97 Å². The number of hydrogen-bond donors (Lipinski definition) is 7. The smallest absolute Gasteiger partial charge is 0.305 e. The van der Waals surface area contributed by atoms with Gasteiger partial charge in [-0.05, 0) is 79.6 Å². The molecule has 1 unspecified atom stereocenters. The van der Waals surface area contributed by atoms with Crippen LogP contribution in [0, 0.1) is 0 Å². The monoisotopic (exact) mass is 1920 g/mol. The van der Waals surface area contributed by atoms with Gasteiger partial charge in [0, 0.05) is 32.3 Å². The number of methoxy groups -OCH3 is 1. The lowest BCUT2D eigenvalue weighted by atomic mass is 9.54. The van der Waals surface area contributed by atoms with Crippen molar-refractivity contribution in [3.63, 3.8) is 0 Å². The van der Waals surface area contributed by atoms with E-state index in [0.717, 1.165) is 22.3 Å². The molecule has 141 heavy (non-hydrogen) atoms. The number of rotatable bonds is 50. The third-order valence-corrected chi connectivity index (χ3v) is 27.5. The lowest BCUT2D eigenvalue weighted by Gasteiger charge is -2.69. The summed E-state index contributed by atoms with van der Waals surface area (Å²) in [5, 5.41) is 112. The highest BCUT2D eigenvalue weighted by molar-refractivity contribution is 5.69. The fourth-order valence-electron chi connectivity index (χ4n) is 20.3. The van der Waals surface area contributed by atoms with Crippen molar-refractivity contribution in [1.82, 2.24) is 0 Å². The molecule has 23 heteroatoms. The highest BCUT2D eigenvalue weighted by Gasteiger charge is 2.84. The van der Waals surface area contributed by atoms with Crippen LogP contribution >= 0.6 is 0 Å². The van der Waals surface area contributed by atoms with Crippen molar-refractivity contribution in [2.24, 2.45) is 0 Å². The van der Waals surface area contributed by atoms with Gasteiger partial charge in [0.2, 0.25) is 0 Å². The van der Waals surface area contributed by atoms with Gasteiger partial charge in [-0.3, -0.25) is 4.79 Å². The Bertz CT molecular complexity index is 5600. The minimum Gasteiger partial charge on any atom is -0.469 e. The van der Waals surface area contributed by atoms with Crippen LogP contribution in [0.5, 0.6) is 0 Å². The summed E-state index contributed by atoms with van der Waals surface area (Å²) in [6, 6.07) is 111. The van der Waals surface area contributed by atoms with Gasteiger partial charge < -0.3 is 107 Å². The van der Waals surface area contributed by atoms with E-state index in [9.17, 15) is 9.90 Å². The van der Waals surface area contributed by atoms with E-state index in [2.05, 4.69) is 0 Å². The SMILES string of the molecule is COC(=O)CCCCCCCCO[C@H]1O[C@H](C(O)Cc2ccccc2)[C@](O)(Cc2ccccc2)[C@@](O)(Cc2ccccc2)[C@@]1(O)[C@@H]1O[C@H](COCc2ccccc2)[C@@H](OCc2ccccc2)[C@H](OCc2ccccc2)[C@@]1(O)[C@@H]1O[C@H](COCc2ccccc2)[C@@H](OCc2ccccc2)[C@H](OCc2ccccc2)[C@@]1(O)[C@@H]1O[C@H](COCc2ccccc2)[C@@H](OCc2ccccc2)[C@H](OCc2ccccc2)[C@@H]1O. The number of unbranched alkanes of at least 4 members (excludes halogenated alkanes) is 5. The molecule has 4 aliphatic rings. The van der Waals surface area contributed by atoms with Gasteiger partial charge in [0.05, 0.1) is 92.5 Å². The molecule has 0 radical (unpaired) electrons. The van der Waals surface area contributed by atoms with E-state index in [-0.39, 0.29) is 91.3 Å². The minimum atomic E-state index is -3.60. The molecule has 0 amide bonds. The predicted molar refractivity (Wildman–Crippen MR) is 531 cm³/mol. The lowest BCUT2D eigenvalue weighted by Crippen LogP contribution is -2.92. The molecule has 4 fully saturated rings. The third-order valence-electron chi connectivity index (χ3n) is 27.5. The molecule has 0 saturated carbocycles. The second kappa shape index (κ2) is 51.0. The molecular weight excluding hydrogens is 1790 g/mol. The van der Waals surface area contributed by atoms with Crippen molar-refractivity contribution in [2.75, 3.05) is 33.5 Å². The summed E-state index contributed by atoms with van der Waals surface area (Å²) < 4.78 is 111. The normalized spacial score (nSPS) is 27.5. The standard InChI is InChI=1S/C118H132O23/c1-127-101(120)68-42-4-2-3-5-43-69-131-113-118(126,115(123,72-87-48-22-8-23-49-87)114(122,71-86-46-20-7-21-47-86)107(141-113)97(119)70-85-44-18-6-19-45-85)112-117(125,110(137-81-96-66-40-17-41-67-96)105(134-78-93-60-34-14-35-61-93)100(140-112)84-130-75-90-54-28-11-29-55-90)111-116(124,109(136-80-95-64-38-16-39-65-95)104(133-77-92-58-32-13-33-59-92)99(139-111)83-129-74-89-52-26-10-27-53-89)108-102(121)106(135-79-94-62-36-15-37-63-94)103(132-76-91-56-30-12-31-57-91)98(138-108)82-128-73-88-50-24-9-25-51-88/h6-41,44-67,97-100,102-113,119,121-126H,2-5,42-43,68-84H2,1H3/t97?,98-,99-,100-,102+,103-,104-,105-,106-,107-,108-,109+,110+,111-,112-,113+,114-,115+,116+,117-,118-/m1/s1. The van der Waals surface area contributed by atoms with E-state index >= 15 is 30.6 Å². The number of esters is 1. The third kappa shape index (κ3) is 25.7. The Morgan fingerprint density at radius 3 is 1.01 bits per heavy atom. The van der Waals surface area contributed by atoms with Crippen LogP contribution in [-0.2, 0) is 155 Å². The first kappa shape index (κ1) is 103. The van der Waals surface area contributed by atoms with Crippen molar-refractivity contribution in [3.05, 3.63) is 431 Å². The van der Waals surface area contributed by atoms with Crippen LogP contribution in [0.25, 0.3) is 0 Å². The molecule has 12 aromatic rings. The highest BCUT2D eigenvalue weighted by atomic mass is 16.7. The highest BCUT2D eigenvalue weighted by Crippen LogP contribution is 2.59. The minimum absolute atomic E-state index is 0.0303. The van der Waals surface area contributed by atoms with Crippen molar-refractivity contribution in [1.29, 1.82) is 0 Å². The van der Waals surface area contributed by atoms with Crippen LogP contribution in [0.3, 0.4) is 0 Å². The molecule has 0 bridgehead atoms. The molecule has 16 rings (SSSR count). The van der Waals surface area contributed by atoms with Crippen molar-refractivity contribution in [3.8, 4) is 0 Å². The molecule has 4 heterocycles. The molecular formula is C118H132O23. The van der Waals surface area contributed by atoms with E-state index in [1.165, 1.54) is 7.11 Å². The number of carbonyl (C=O) groups excluding carboxylic acids is 1. The Morgan fingerprint density at radius 1 is 0.319 bits per heavy atom. The van der Waals surface area contributed by atoms with Gasteiger partial charge in [0.1, 0.15) is 96.7 Å². The van der Waals surface area contributed by atoms with Gasteiger partial charge in [-0.25, -0.2) is 0 Å². The fraction of sp³-hybridized carbons (Fsp3) is 0.381. The van der Waals surface area contributed by atoms with Gasteiger partial charge in [-0.15, -0.1) is 0 Å².